The van der Waals surface area contributed by atoms with Gasteiger partial charge in [0.1, 0.15) is 0 Å². The zero-order valence-corrected chi connectivity index (χ0v) is 8.54. The Labute approximate surface area is 81.5 Å². The molecule has 0 aromatic heterocycles. The zero-order valence-electron chi connectivity index (χ0n) is 8.54. The lowest BCUT2D eigenvalue weighted by molar-refractivity contribution is 0.176. The molecule has 0 spiro atoms. The molecule has 0 heterocycles. The third-order valence-electron chi connectivity index (χ3n) is 3.97. The summed E-state index contributed by atoms with van der Waals surface area (Å²) in [6.45, 7) is 0. The van der Waals surface area contributed by atoms with Crippen molar-refractivity contribution in [2.45, 2.75) is 63.9 Å². The second-order valence-electron chi connectivity index (χ2n) is 5.06. The molecule has 2 aliphatic rings. The van der Waals surface area contributed by atoms with Crippen molar-refractivity contribution in [2.24, 2.45) is 11.8 Å². The molecule has 0 bridgehead atoms. The van der Waals surface area contributed by atoms with Crippen LogP contribution in [0.25, 0.3) is 0 Å². The summed E-state index contributed by atoms with van der Waals surface area (Å²) in [7, 11) is 0. The molecule has 0 amide bonds. The van der Waals surface area contributed by atoms with E-state index in [0.717, 1.165) is 24.7 Å². The average Bonchev–Trinajstić information content (AvgIpc) is 2.71. The van der Waals surface area contributed by atoms with Gasteiger partial charge in [-0.2, -0.15) is 0 Å². The Morgan fingerprint density at radius 3 is 2.15 bits per heavy atom. The van der Waals surface area contributed by atoms with Crippen molar-refractivity contribution >= 4 is 0 Å². The first-order valence-electron chi connectivity index (χ1n) is 6.02. The molecule has 2 aliphatic carbocycles. The van der Waals surface area contributed by atoms with Gasteiger partial charge in [-0.1, -0.05) is 38.5 Å². The topological polar surface area (TPSA) is 20.2 Å². The molecular weight excluding hydrogens is 160 g/mol. The Hall–Kier alpha value is -0.0400. The standard InChI is InChI=1S/C12H22O/c13-12-8-7-11(9-12)6-5-10-3-1-2-4-10/h10-13H,1-9H2. The van der Waals surface area contributed by atoms with Crippen LogP contribution in [-0.2, 0) is 0 Å². The van der Waals surface area contributed by atoms with Gasteiger partial charge in [0, 0.05) is 0 Å². The third kappa shape index (κ3) is 2.70. The van der Waals surface area contributed by atoms with Crippen LogP contribution in [0.15, 0.2) is 0 Å². The molecule has 0 aliphatic heterocycles. The number of hydrogen-bond acceptors (Lipinski definition) is 1. The van der Waals surface area contributed by atoms with E-state index in [-0.39, 0.29) is 6.10 Å². The quantitative estimate of drug-likeness (QED) is 0.711. The Kier molecular flexibility index (Phi) is 3.26. The Morgan fingerprint density at radius 2 is 1.54 bits per heavy atom. The van der Waals surface area contributed by atoms with Crippen LogP contribution in [0, 0.1) is 11.8 Å². The number of aliphatic hydroxyl groups is 1. The van der Waals surface area contributed by atoms with Gasteiger partial charge in [0.2, 0.25) is 0 Å². The van der Waals surface area contributed by atoms with Gasteiger partial charge < -0.3 is 5.11 Å². The first-order chi connectivity index (χ1) is 6.34. The summed E-state index contributed by atoms with van der Waals surface area (Å²) in [5.74, 6) is 1.90. The lowest BCUT2D eigenvalue weighted by Crippen LogP contribution is -2.02. The second kappa shape index (κ2) is 4.45. The van der Waals surface area contributed by atoms with Crippen LogP contribution in [0.1, 0.15) is 57.8 Å². The Balaban J connectivity index is 1.62. The molecule has 1 heteroatoms. The van der Waals surface area contributed by atoms with Gasteiger partial charge in [-0.3, -0.25) is 0 Å². The number of aliphatic hydroxyl groups excluding tert-OH is 1. The maximum absolute atomic E-state index is 9.39. The monoisotopic (exact) mass is 182 g/mol. The third-order valence-corrected chi connectivity index (χ3v) is 3.97. The molecular formula is C12H22O. The molecule has 2 saturated carbocycles. The first kappa shape index (κ1) is 9.51. The lowest BCUT2D eigenvalue weighted by atomic mass is 9.94. The fourth-order valence-corrected chi connectivity index (χ4v) is 3.08. The summed E-state index contributed by atoms with van der Waals surface area (Å²) < 4.78 is 0. The van der Waals surface area contributed by atoms with Crippen molar-refractivity contribution in [1.29, 1.82) is 0 Å². The highest BCUT2D eigenvalue weighted by molar-refractivity contribution is 4.76. The van der Waals surface area contributed by atoms with Gasteiger partial charge in [0.25, 0.3) is 0 Å². The molecule has 76 valence electrons. The predicted octanol–water partition coefficient (Wildman–Crippen LogP) is 3.12. The molecule has 2 unspecified atom stereocenters. The first-order valence-corrected chi connectivity index (χ1v) is 6.02. The van der Waals surface area contributed by atoms with Crippen molar-refractivity contribution in [3.8, 4) is 0 Å². The summed E-state index contributed by atoms with van der Waals surface area (Å²) >= 11 is 0. The highest BCUT2D eigenvalue weighted by Crippen LogP contribution is 2.34. The predicted molar refractivity (Wildman–Crippen MR) is 54.5 cm³/mol. The van der Waals surface area contributed by atoms with Gasteiger partial charge >= 0.3 is 0 Å². The van der Waals surface area contributed by atoms with E-state index in [1.165, 1.54) is 44.9 Å². The van der Waals surface area contributed by atoms with Gasteiger partial charge in [-0.25, -0.2) is 0 Å². The Morgan fingerprint density at radius 1 is 0.846 bits per heavy atom. The maximum atomic E-state index is 9.39. The molecule has 0 aromatic carbocycles. The normalized spacial score (nSPS) is 35.8. The molecule has 0 aromatic rings. The van der Waals surface area contributed by atoms with Gasteiger partial charge in [-0.05, 0) is 31.1 Å². The minimum Gasteiger partial charge on any atom is -0.393 e. The summed E-state index contributed by atoms with van der Waals surface area (Å²) in [5, 5.41) is 9.39. The fourth-order valence-electron chi connectivity index (χ4n) is 3.08. The lowest BCUT2D eigenvalue weighted by Gasteiger charge is -2.12. The van der Waals surface area contributed by atoms with Crippen LogP contribution >= 0.6 is 0 Å². The molecule has 13 heavy (non-hydrogen) atoms. The molecule has 2 fully saturated rings. The second-order valence-corrected chi connectivity index (χ2v) is 5.06. The van der Waals surface area contributed by atoms with E-state index in [1.54, 1.807) is 0 Å². The minimum atomic E-state index is 0.0357. The van der Waals surface area contributed by atoms with Crippen LogP contribution in [0.3, 0.4) is 0 Å². The smallest absolute Gasteiger partial charge is 0.0543 e. The fraction of sp³-hybridized carbons (Fsp3) is 1.00. The van der Waals surface area contributed by atoms with Crippen molar-refractivity contribution < 1.29 is 5.11 Å². The summed E-state index contributed by atoms with van der Waals surface area (Å²) in [6, 6.07) is 0. The number of hydrogen-bond donors (Lipinski definition) is 1. The van der Waals surface area contributed by atoms with E-state index >= 15 is 0 Å². The van der Waals surface area contributed by atoms with E-state index in [2.05, 4.69) is 0 Å². The number of rotatable bonds is 3. The molecule has 1 N–H and O–H groups in total. The van der Waals surface area contributed by atoms with Crippen molar-refractivity contribution in [2.75, 3.05) is 0 Å². The van der Waals surface area contributed by atoms with Gasteiger partial charge in [0.05, 0.1) is 6.10 Å². The summed E-state index contributed by atoms with van der Waals surface area (Å²) in [4.78, 5) is 0. The van der Waals surface area contributed by atoms with Crippen LogP contribution in [-0.4, -0.2) is 11.2 Å². The summed E-state index contributed by atoms with van der Waals surface area (Å²) in [5.41, 5.74) is 0. The largest absolute Gasteiger partial charge is 0.393 e. The Bertz CT molecular complexity index is 149. The molecule has 2 rings (SSSR count). The zero-order chi connectivity index (χ0) is 9.10. The highest BCUT2D eigenvalue weighted by Gasteiger charge is 2.24. The molecule has 2 atom stereocenters. The SMILES string of the molecule is OC1CCC(CCC2CCCC2)C1. The van der Waals surface area contributed by atoms with Crippen LogP contribution in [0.5, 0.6) is 0 Å². The van der Waals surface area contributed by atoms with Crippen molar-refractivity contribution in [3.63, 3.8) is 0 Å². The van der Waals surface area contributed by atoms with Crippen molar-refractivity contribution in [1.82, 2.24) is 0 Å². The minimum absolute atomic E-state index is 0.0357. The van der Waals surface area contributed by atoms with Gasteiger partial charge in [0.15, 0.2) is 0 Å². The highest BCUT2D eigenvalue weighted by atomic mass is 16.3. The molecule has 0 saturated heterocycles. The summed E-state index contributed by atoms with van der Waals surface area (Å²) in [6.07, 6.45) is 12.2. The maximum Gasteiger partial charge on any atom is 0.0543 e. The van der Waals surface area contributed by atoms with Gasteiger partial charge in [-0.15, -0.1) is 0 Å². The average molecular weight is 182 g/mol. The molecule has 0 radical (unpaired) electrons. The molecule has 1 nitrogen and oxygen atoms in total. The van der Waals surface area contributed by atoms with E-state index in [4.69, 9.17) is 0 Å². The van der Waals surface area contributed by atoms with Crippen LogP contribution in [0.4, 0.5) is 0 Å². The van der Waals surface area contributed by atoms with Crippen LogP contribution in [0.2, 0.25) is 0 Å². The van der Waals surface area contributed by atoms with E-state index in [0.29, 0.717) is 0 Å². The van der Waals surface area contributed by atoms with Crippen molar-refractivity contribution in [3.05, 3.63) is 0 Å². The van der Waals surface area contributed by atoms with E-state index in [9.17, 15) is 5.11 Å². The van der Waals surface area contributed by atoms with Crippen LogP contribution < -0.4 is 0 Å². The van der Waals surface area contributed by atoms with E-state index < -0.39 is 0 Å². The van der Waals surface area contributed by atoms with E-state index in [1.807, 2.05) is 0 Å².